The van der Waals surface area contributed by atoms with Crippen LogP contribution in [0.4, 0.5) is 11.4 Å². The highest BCUT2D eigenvalue weighted by molar-refractivity contribution is 7.92. The highest BCUT2D eigenvalue weighted by Crippen LogP contribution is 2.31. The highest BCUT2D eigenvalue weighted by atomic mass is 32.2. The van der Waals surface area contributed by atoms with Crippen LogP contribution in [0.25, 0.3) is 0 Å². The molecule has 1 saturated heterocycles. The Morgan fingerprint density at radius 1 is 0.889 bits per heavy atom. The van der Waals surface area contributed by atoms with Gasteiger partial charge in [0.25, 0.3) is 15.9 Å². The Kier molecular flexibility index (Phi) is 8.12. The van der Waals surface area contributed by atoms with Crippen LogP contribution in [-0.4, -0.2) is 46.5 Å². The first-order chi connectivity index (χ1) is 17.4. The smallest absolute Gasteiger partial charge is 0.262 e. The van der Waals surface area contributed by atoms with Gasteiger partial charge in [-0.3, -0.25) is 14.4 Å². The monoisotopic (exact) mass is 509 g/mol. The number of ether oxygens (including phenoxy) is 2. The normalized spacial score (nSPS) is 14.2. The number of hydrogen-bond acceptors (Lipinski definition) is 6. The lowest BCUT2D eigenvalue weighted by atomic mass is 10.1. The molecule has 0 unspecified atom stereocenters. The predicted molar refractivity (Wildman–Crippen MR) is 140 cm³/mol. The van der Waals surface area contributed by atoms with Gasteiger partial charge in [-0.15, -0.1) is 0 Å². The van der Waals surface area contributed by atoms with E-state index in [-0.39, 0.29) is 10.8 Å². The third-order valence-corrected chi connectivity index (χ3v) is 7.53. The van der Waals surface area contributed by atoms with E-state index in [0.29, 0.717) is 28.4 Å². The molecule has 0 aliphatic carbocycles. The zero-order valence-corrected chi connectivity index (χ0v) is 21.3. The summed E-state index contributed by atoms with van der Waals surface area (Å²) in [6.45, 7) is 3.14. The molecule has 0 aromatic heterocycles. The summed E-state index contributed by atoms with van der Waals surface area (Å²) in [7, 11) is -0.898. The number of hydrogen-bond donors (Lipinski definition) is 2. The fraction of sp³-hybridized carbons (Fsp3) is 0.296. The van der Waals surface area contributed by atoms with Crippen LogP contribution in [0.1, 0.15) is 35.2 Å². The summed E-state index contributed by atoms with van der Waals surface area (Å²) < 4.78 is 38.7. The number of piperidine rings is 1. The molecule has 3 aromatic carbocycles. The zero-order chi connectivity index (χ0) is 25.5. The third-order valence-electron chi connectivity index (χ3n) is 6.15. The molecule has 1 heterocycles. The molecule has 1 amide bonds. The standard InChI is InChI=1S/C27H31N3O5S/c1-34-23-12-15-25(26(18-23)35-2)29-36(32,33)24-13-10-22(11-14-24)28-27(31)21-8-6-20(7-9-21)19-30-16-4-3-5-17-30/h6-15,18,29H,3-5,16-17,19H2,1-2H3,(H,28,31). The van der Waals surface area contributed by atoms with Crippen LogP contribution < -0.4 is 19.5 Å². The van der Waals surface area contributed by atoms with E-state index in [1.165, 1.54) is 51.2 Å². The number of carbonyl (C=O) groups excluding carboxylic acids is 1. The summed E-state index contributed by atoms with van der Waals surface area (Å²) in [6.07, 6.45) is 3.79. The molecule has 2 N–H and O–H groups in total. The van der Waals surface area contributed by atoms with Crippen molar-refractivity contribution in [2.24, 2.45) is 0 Å². The van der Waals surface area contributed by atoms with Gasteiger partial charge in [-0.25, -0.2) is 8.42 Å². The van der Waals surface area contributed by atoms with Gasteiger partial charge < -0.3 is 14.8 Å². The van der Waals surface area contributed by atoms with Gasteiger partial charge in [0.05, 0.1) is 24.8 Å². The molecular formula is C27H31N3O5S. The Bertz CT molecular complexity index is 1290. The number of methoxy groups -OCH3 is 2. The third kappa shape index (κ3) is 6.35. The number of nitrogens with zero attached hydrogens (tertiary/aromatic N) is 1. The quantitative estimate of drug-likeness (QED) is 0.432. The number of benzene rings is 3. The van der Waals surface area contributed by atoms with Gasteiger partial charge in [0.15, 0.2) is 0 Å². The number of nitrogens with one attached hydrogen (secondary N) is 2. The Hall–Kier alpha value is -3.56. The molecule has 1 aliphatic heterocycles. The van der Waals surface area contributed by atoms with Crippen molar-refractivity contribution in [1.82, 2.24) is 4.90 Å². The number of rotatable bonds is 9. The van der Waals surface area contributed by atoms with Crippen LogP contribution in [0.2, 0.25) is 0 Å². The Morgan fingerprint density at radius 3 is 2.22 bits per heavy atom. The fourth-order valence-electron chi connectivity index (χ4n) is 4.14. The Labute approximate surface area is 212 Å². The van der Waals surface area contributed by atoms with Crippen molar-refractivity contribution < 1.29 is 22.7 Å². The van der Waals surface area contributed by atoms with E-state index in [0.717, 1.165) is 19.6 Å². The average Bonchev–Trinajstić information content (AvgIpc) is 2.90. The first kappa shape index (κ1) is 25.5. The maximum Gasteiger partial charge on any atom is 0.262 e. The number of amides is 1. The van der Waals surface area contributed by atoms with Gasteiger partial charge in [-0.05, 0) is 80.0 Å². The van der Waals surface area contributed by atoms with E-state index in [9.17, 15) is 13.2 Å². The Balaban J connectivity index is 1.38. The zero-order valence-electron chi connectivity index (χ0n) is 20.5. The molecule has 0 radical (unpaired) electrons. The van der Waals surface area contributed by atoms with Gasteiger partial charge in [0, 0.05) is 23.9 Å². The van der Waals surface area contributed by atoms with Crippen LogP contribution in [-0.2, 0) is 16.6 Å². The molecule has 1 fully saturated rings. The van der Waals surface area contributed by atoms with Gasteiger partial charge in [0.2, 0.25) is 0 Å². The highest BCUT2D eigenvalue weighted by Gasteiger charge is 2.18. The molecule has 0 bridgehead atoms. The minimum atomic E-state index is -3.87. The first-order valence-electron chi connectivity index (χ1n) is 11.9. The van der Waals surface area contributed by atoms with Crippen LogP contribution >= 0.6 is 0 Å². The van der Waals surface area contributed by atoms with Crippen molar-refractivity contribution >= 4 is 27.3 Å². The molecule has 190 valence electrons. The molecule has 0 spiro atoms. The fourth-order valence-corrected chi connectivity index (χ4v) is 5.21. The molecule has 8 nitrogen and oxygen atoms in total. The topological polar surface area (TPSA) is 97.0 Å². The van der Waals surface area contributed by atoms with Gasteiger partial charge in [-0.1, -0.05) is 18.6 Å². The van der Waals surface area contributed by atoms with E-state index in [1.807, 2.05) is 24.3 Å². The summed E-state index contributed by atoms with van der Waals surface area (Å²) in [6, 6.07) is 18.4. The summed E-state index contributed by atoms with van der Waals surface area (Å²) in [5.74, 6) is 0.631. The maximum absolute atomic E-state index is 12.9. The van der Waals surface area contributed by atoms with Crippen molar-refractivity contribution in [2.75, 3.05) is 37.3 Å². The van der Waals surface area contributed by atoms with Crippen LogP contribution in [0.15, 0.2) is 71.6 Å². The number of anilines is 2. The number of carbonyl (C=O) groups is 1. The van der Waals surface area contributed by atoms with Gasteiger partial charge in [0.1, 0.15) is 11.5 Å². The molecular weight excluding hydrogens is 478 g/mol. The number of sulfonamides is 1. The molecule has 1 aliphatic rings. The SMILES string of the molecule is COc1ccc(NS(=O)(=O)c2ccc(NC(=O)c3ccc(CN4CCCCC4)cc3)cc2)c(OC)c1. The van der Waals surface area contributed by atoms with E-state index in [1.54, 1.807) is 30.3 Å². The van der Waals surface area contributed by atoms with Crippen LogP contribution in [0.3, 0.4) is 0 Å². The lowest BCUT2D eigenvalue weighted by Crippen LogP contribution is -2.29. The van der Waals surface area contributed by atoms with E-state index in [2.05, 4.69) is 14.9 Å². The summed E-state index contributed by atoms with van der Waals surface area (Å²) >= 11 is 0. The summed E-state index contributed by atoms with van der Waals surface area (Å²) in [5.41, 5.74) is 2.52. The van der Waals surface area contributed by atoms with Crippen molar-refractivity contribution in [1.29, 1.82) is 0 Å². The van der Waals surface area contributed by atoms with E-state index < -0.39 is 10.0 Å². The summed E-state index contributed by atoms with van der Waals surface area (Å²) in [4.78, 5) is 15.2. The molecule has 9 heteroatoms. The van der Waals surface area contributed by atoms with Crippen molar-refractivity contribution in [2.45, 2.75) is 30.7 Å². The second-order valence-electron chi connectivity index (χ2n) is 8.68. The van der Waals surface area contributed by atoms with Crippen molar-refractivity contribution in [3.05, 3.63) is 77.9 Å². The van der Waals surface area contributed by atoms with Crippen molar-refractivity contribution in [3.8, 4) is 11.5 Å². The minimum absolute atomic E-state index is 0.0560. The molecule has 4 rings (SSSR count). The second kappa shape index (κ2) is 11.5. The minimum Gasteiger partial charge on any atom is -0.497 e. The lowest BCUT2D eigenvalue weighted by molar-refractivity contribution is 0.102. The van der Waals surface area contributed by atoms with E-state index in [4.69, 9.17) is 9.47 Å². The average molecular weight is 510 g/mol. The van der Waals surface area contributed by atoms with Crippen molar-refractivity contribution in [3.63, 3.8) is 0 Å². The van der Waals surface area contributed by atoms with Crippen LogP contribution in [0, 0.1) is 0 Å². The molecule has 0 atom stereocenters. The van der Waals surface area contributed by atoms with Crippen LogP contribution in [0.5, 0.6) is 11.5 Å². The largest absolute Gasteiger partial charge is 0.497 e. The predicted octanol–water partition coefficient (Wildman–Crippen LogP) is 4.74. The first-order valence-corrected chi connectivity index (χ1v) is 13.3. The maximum atomic E-state index is 12.9. The molecule has 0 saturated carbocycles. The molecule has 36 heavy (non-hydrogen) atoms. The van der Waals surface area contributed by atoms with E-state index >= 15 is 0 Å². The van der Waals surface area contributed by atoms with Gasteiger partial charge in [-0.2, -0.15) is 0 Å². The second-order valence-corrected chi connectivity index (χ2v) is 10.4. The summed E-state index contributed by atoms with van der Waals surface area (Å²) in [5, 5.41) is 2.82. The lowest BCUT2D eigenvalue weighted by Gasteiger charge is -2.26. The number of likely N-dealkylation sites (tertiary alicyclic amines) is 1. The van der Waals surface area contributed by atoms with Gasteiger partial charge >= 0.3 is 0 Å². The molecule has 3 aromatic rings. The Morgan fingerprint density at radius 2 is 1.58 bits per heavy atom.